The molecule has 1 aliphatic rings. The average molecular weight is 386 g/mol. The standard InChI is InChI=1S/C19H30O8/c1-10(2)18(14(20)21,15(22)23)12-8-6-5-7-9-13(12)19(11(3)4,16(24)25)17(26)27/h10-13H,5-9H2,1-4H3,(H,20,21)(H,22,23)(H,24,25)(H,26,27). The fraction of sp³-hybridized carbons (Fsp3) is 0.789. The molecule has 0 spiro atoms. The molecule has 0 aliphatic heterocycles. The molecule has 8 heteroatoms. The maximum absolute atomic E-state index is 12.2. The molecular formula is C19H30O8. The molecule has 0 amide bonds. The molecule has 2 unspecified atom stereocenters. The van der Waals surface area contributed by atoms with Crippen LogP contribution in [0.3, 0.4) is 0 Å². The molecule has 2 atom stereocenters. The molecule has 1 aliphatic carbocycles. The van der Waals surface area contributed by atoms with Crippen LogP contribution in [0.15, 0.2) is 0 Å². The monoisotopic (exact) mass is 386 g/mol. The highest BCUT2D eigenvalue weighted by Crippen LogP contribution is 2.54. The first-order chi connectivity index (χ1) is 12.4. The first-order valence-corrected chi connectivity index (χ1v) is 9.32. The van der Waals surface area contributed by atoms with E-state index in [1.807, 2.05) is 0 Å². The average Bonchev–Trinajstić information content (AvgIpc) is 2.73. The minimum Gasteiger partial charge on any atom is -0.480 e. The van der Waals surface area contributed by atoms with Crippen molar-refractivity contribution in [1.82, 2.24) is 0 Å². The third-order valence-corrected chi connectivity index (χ3v) is 6.42. The van der Waals surface area contributed by atoms with Crippen molar-refractivity contribution in [2.45, 2.75) is 59.8 Å². The van der Waals surface area contributed by atoms with E-state index < -0.39 is 58.4 Å². The molecule has 1 saturated carbocycles. The second kappa shape index (κ2) is 8.27. The van der Waals surface area contributed by atoms with E-state index in [1.165, 1.54) is 27.7 Å². The van der Waals surface area contributed by atoms with Crippen LogP contribution < -0.4 is 0 Å². The SMILES string of the molecule is CC(C)C(C(=O)O)(C(=O)O)C1CCCCCC1C(C(=O)O)(C(=O)O)C(C)C. The lowest BCUT2D eigenvalue weighted by Crippen LogP contribution is -2.59. The van der Waals surface area contributed by atoms with Gasteiger partial charge >= 0.3 is 23.9 Å². The zero-order valence-corrected chi connectivity index (χ0v) is 16.3. The summed E-state index contributed by atoms with van der Waals surface area (Å²) in [7, 11) is 0. The van der Waals surface area contributed by atoms with E-state index in [9.17, 15) is 39.6 Å². The van der Waals surface area contributed by atoms with Gasteiger partial charge in [0.15, 0.2) is 10.8 Å². The van der Waals surface area contributed by atoms with Crippen molar-refractivity contribution in [2.75, 3.05) is 0 Å². The first kappa shape index (κ1) is 22.9. The maximum Gasteiger partial charge on any atom is 0.321 e. The molecule has 0 aromatic carbocycles. The van der Waals surface area contributed by atoms with Gasteiger partial charge in [-0.15, -0.1) is 0 Å². The highest BCUT2D eigenvalue weighted by atomic mass is 16.4. The second-order valence-electron chi connectivity index (χ2n) is 8.12. The Balaban J connectivity index is 3.84. The lowest BCUT2D eigenvalue weighted by molar-refractivity contribution is -0.191. The van der Waals surface area contributed by atoms with Gasteiger partial charge in [0.25, 0.3) is 0 Å². The van der Waals surface area contributed by atoms with Gasteiger partial charge in [-0.2, -0.15) is 0 Å². The number of carbonyl (C=O) groups is 4. The lowest BCUT2D eigenvalue weighted by Gasteiger charge is -2.46. The topological polar surface area (TPSA) is 149 Å². The maximum atomic E-state index is 12.2. The minimum atomic E-state index is -2.25. The van der Waals surface area contributed by atoms with E-state index in [0.29, 0.717) is 19.3 Å². The molecule has 0 radical (unpaired) electrons. The van der Waals surface area contributed by atoms with Gasteiger partial charge in [0.05, 0.1) is 0 Å². The number of rotatable bonds is 8. The van der Waals surface area contributed by atoms with Gasteiger partial charge < -0.3 is 20.4 Å². The summed E-state index contributed by atoms with van der Waals surface area (Å²) < 4.78 is 0. The Morgan fingerprint density at radius 2 is 0.889 bits per heavy atom. The minimum absolute atomic E-state index is 0.163. The number of hydrogen-bond donors (Lipinski definition) is 4. The van der Waals surface area contributed by atoms with Crippen LogP contribution in [-0.2, 0) is 19.2 Å². The Kier molecular flexibility index (Phi) is 7.02. The van der Waals surface area contributed by atoms with E-state index in [-0.39, 0.29) is 12.8 Å². The van der Waals surface area contributed by atoms with Gasteiger partial charge in [-0.25, -0.2) is 0 Å². The first-order valence-electron chi connectivity index (χ1n) is 9.32. The summed E-state index contributed by atoms with van der Waals surface area (Å²) >= 11 is 0. The van der Waals surface area contributed by atoms with Crippen LogP contribution in [0.2, 0.25) is 0 Å². The smallest absolute Gasteiger partial charge is 0.321 e. The van der Waals surface area contributed by atoms with Gasteiger partial charge in [-0.05, 0) is 36.5 Å². The Morgan fingerprint density at radius 3 is 1.07 bits per heavy atom. The number of carboxylic acid groups (broad SMARTS) is 4. The Hall–Kier alpha value is -2.12. The summed E-state index contributed by atoms with van der Waals surface area (Å²) in [6.07, 6.45) is 2.06. The van der Waals surface area contributed by atoms with Gasteiger partial charge in [0, 0.05) is 0 Å². The van der Waals surface area contributed by atoms with Crippen molar-refractivity contribution in [3.8, 4) is 0 Å². The van der Waals surface area contributed by atoms with E-state index >= 15 is 0 Å². The van der Waals surface area contributed by atoms with Crippen molar-refractivity contribution in [2.24, 2.45) is 34.5 Å². The molecule has 0 saturated heterocycles. The van der Waals surface area contributed by atoms with Gasteiger partial charge in [-0.3, -0.25) is 19.2 Å². The third kappa shape index (κ3) is 3.41. The molecule has 0 bridgehead atoms. The van der Waals surface area contributed by atoms with Crippen LogP contribution in [0.1, 0.15) is 59.8 Å². The molecular weight excluding hydrogens is 356 g/mol. The Labute approximate surface area is 158 Å². The fourth-order valence-electron chi connectivity index (χ4n) is 5.06. The largest absolute Gasteiger partial charge is 0.480 e. The van der Waals surface area contributed by atoms with Crippen LogP contribution in [0.25, 0.3) is 0 Å². The summed E-state index contributed by atoms with van der Waals surface area (Å²) in [5.74, 6) is -10.1. The predicted octanol–water partition coefficient (Wildman–Crippen LogP) is 2.81. The molecule has 4 N–H and O–H groups in total. The number of aliphatic carboxylic acids is 4. The molecule has 0 aromatic rings. The summed E-state index contributed by atoms with van der Waals surface area (Å²) in [6.45, 7) is 5.90. The number of hydrogen-bond acceptors (Lipinski definition) is 4. The van der Waals surface area contributed by atoms with Crippen LogP contribution >= 0.6 is 0 Å². The molecule has 1 rings (SSSR count). The second-order valence-corrected chi connectivity index (χ2v) is 8.12. The van der Waals surface area contributed by atoms with Crippen LogP contribution in [0, 0.1) is 34.5 Å². The van der Waals surface area contributed by atoms with Crippen molar-refractivity contribution in [3.05, 3.63) is 0 Å². The van der Waals surface area contributed by atoms with E-state index in [2.05, 4.69) is 0 Å². The van der Waals surface area contributed by atoms with Gasteiger partial charge in [0.1, 0.15) is 0 Å². The molecule has 0 heterocycles. The van der Waals surface area contributed by atoms with Crippen LogP contribution in [-0.4, -0.2) is 44.3 Å². The summed E-state index contributed by atoms with van der Waals surface area (Å²) in [5, 5.41) is 39.7. The fourth-order valence-corrected chi connectivity index (χ4v) is 5.06. The summed E-state index contributed by atoms with van der Waals surface area (Å²) in [6, 6.07) is 0. The van der Waals surface area contributed by atoms with Crippen molar-refractivity contribution >= 4 is 23.9 Å². The molecule has 8 nitrogen and oxygen atoms in total. The highest BCUT2D eigenvalue weighted by molar-refractivity contribution is 6.01. The normalized spacial score (nSPS) is 21.7. The molecule has 27 heavy (non-hydrogen) atoms. The Bertz CT molecular complexity index is 527. The summed E-state index contributed by atoms with van der Waals surface area (Å²) in [5.41, 5.74) is -4.50. The lowest BCUT2D eigenvalue weighted by atomic mass is 9.53. The van der Waals surface area contributed by atoms with E-state index in [0.717, 1.165) is 0 Å². The molecule has 154 valence electrons. The summed E-state index contributed by atoms with van der Waals surface area (Å²) in [4.78, 5) is 48.9. The van der Waals surface area contributed by atoms with Crippen molar-refractivity contribution in [3.63, 3.8) is 0 Å². The predicted molar refractivity (Wildman–Crippen MR) is 95.2 cm³/mol. The Morgan fingerprint density at radius 1 is 0.630 bits per heavy atom. The van der Waals surface area contributed by atoms with Crippen molar-refractivity contribution in [1.29, 1.82) is 0 Å². The van der Waals surface area contributed by atoms with E-state index in [4.69, 9.17) is 0 Å². The zero-order chi connectivity index (χ0) is 21.2. The quantitative estimate of drug-likeness (QED) is 0.367. The molecule has 0 aromatic heterocycles. The van der Waals surface area contributed by atoms with Crippen LogP contribution in [0.4, 0.5) is 0 Å². The number of carboxylic acids is 4. The van der Waals surface area contributed by atoms with Crippen LogP contribution in [0.5, 0.6) is 0 Å². The van der Waals surface area contributed by atoms with E-state index in [1.54, 1.807) is 0 Å². The zero-order valence-electron chi connectivity index (χ0n) is 16.3. The van der Waals surface area contributed by atoms with Crippen molar-refractivity contribution < 1.29 is 39.6 Å². The third-order valence-electron chi connectivity index (χ3n) is 6.42. The van der Waals surface area contributed by atoms with Gasteiger partial charge in [0.2, 0.25) is 0 Å². The molecule has 1 fully saturated rings. The van der Waals surface area contributed by atoms with Gasteiger partial charge in [-0.1, -0.05) is 47.0 Å². The highest BCUT2D eigenvalue weighted by Gasteiger charge is 2.65.